The van der Waals surface area contributed by atoms with E-state index in [0.29, 0.717) is 22.8 Å². The number of aryl methyl sites for hydroxylation is 1. The number of ether oxygens (including phenoxy) is 1. The summed E-state index contributed by atoms with van der Waals surface area (Å²) in [4.78, 5) is 36.8. The van der Waals surface area contributed by atoms with Gasteiger partial charge in [-0.25, -0.2) is 0 Å². The van der Waals surface area contributed by atoms with Crippen molar-refractivity contribution in [2.45, 2.75) is 20.1 Å². The topological polar surface area (TPSA) is 89.8 Å². The molecule has 0 radical (unpaired) electrons. The average Bonchev–Trinajstić information content (AvgIpc) is 3.06. The first kappa shape index (κ1) is 22.3. The van der Waals surface area contributed by atoms with Gasteiger partial charge in [0, 0.05) is 12.1 Å². The number of carbonyl (C=O) groups excluding carboxylic acids is 2. The molecule has 0 unspecified atom stereocenters. The lowest BCUT2D eigenvalue weighted by molar-refractivity contribution is -0.384. The van der Waals surface area contributed by atoms with Gasteiger partial charge in [-0.1, -0.05) is 54.1 Å². The molecule has 33 heavy (non-hydrogen) atoms. The molecule has 0 aromatic heterocycles. The summed E-state index contributed by atoms with van der Waals surface area (Å²) in [6, 6.07) is 21.2. The minimum atomic E-state index is -0.494. The van der Waals surface area contributed by atoms with Crippen LogP contribution in [0.2, 0.25) is 0 Å². The Morgan fingerprint density at radius 2 is 1.73 bits per heavy atom. The third-order valence-corrected chi connectivity index (χ3v) is 5.93. The maximum atomic E-state index is 12.7. The van der Waals surface area contributed by atoms with Crippen molar-refractivity contribution in [2.75, 3.05) is 0 Å². The van der Waals surface area contributed by atoms with E-state index in [1.54, 1.807) is 18.2 Å². The average molecular weight is 461 g/mol. The molecule has 0 N–H and O–H groups in total. The second-order valence-corrected chi connectivity index (χ2v) is 8.53. The number of carbonyl (C=O) groups is 2. The number of hydrogen-bond acceptors (Lipinski definition) is 6. The Hall–Kier alpha value is -3.91. The molecule has 1 aliphatic rings. The van der Waals surface area contributed by atoms with Gasteiger partial charge in [-0.3, -0.25) is 24.6 Å². The van der Waals surface area contributed by atoms with Crippen LogP contribution in [0.5, 0.6) is 5.75 Å². The fraction of sp³-hybridized carbons (Fsp3) is 0.120. The van der Waals surface area contributed by atoms with Crippen molar-refractivity contribution in [1.82, 2.24) is 4.90 Å². The molecule has 3 aromatic carbocycles. The van der Waals surface area contributed by atoms with Gasteiger partial charge in [0.15, 0.2) is 0 Å². The summed E-state index contributed by atoms with van der Waals surface area (Å²) in [5.74, 6) is 0.322. The lowest BCUT2D eigenvalue weighted by atomic mass is 10.1. The van der Waals surface area contributed by atoms with Crippen LogP contribution >= 0.6 is 11.8 Å². The Bertz CT molecular complexity index is 1240. The first-order valence-corrected chi connectivity index (χ1v) is 11.0. The predicted octanol–water partition coefficient (Wildman–Crippen LogP) is 5.72. The number of thioether (sulfide) groups is 1. The quantitative estimate of drug-likeness (QED) is 0.255. The normalized spacial score (nSPS) is 14.7. The molecule has 0 atom stereocenters. The Morgan fingerprint density at radius 1 is 1.00 bits per heavy atom. The highest BCUT2D eigenvalue weighted by molar-refractivity contribution is 8.18. The molecule has 2 amide bonds. The third kappa shape index (κ3) is 5.48. The zero-order chi connectivity index (χ0) is 23.4. The number of non-ortho nitro benzene ring substituents is 1. The second kappa shape index (κ2) is 9.70. The highest BCUT2D eigenvalue weighted by Crippen LogP contribution is 2.33. The van der Waals surface area contributed by atoms with Gasteiger partial charge in [0.25, 0.3) is 16.8 Å². The van der Waals surface area contributed by atoms with Crippen LogP contribution in [0.3, 0.4) is 0 Å². The second-order valence-electron chi connectivity index (χ2n) is 7.54. The van der Waals surface area contributed by atoms with Crippen molar-refractivity contribution in [3.8, 4) is 5.75 Å². The molecule has 166 valence electrons. The van der Waals surface area contributed by atoms with Gasteiger partial charge in [-0.15, -0.1) is 0 Å². The van der Waals surface area contributed by atoms with E-state index in [2.05, 4.69) is 6.07 Å². The SMILES string of the molecule is Cc1cccc(COc2ccc(/C=C3\SC(=O)N(Cc4ccc([N+](=O)[O-])cc4)C3=O)cc2)c1. The van der Waals surface area contributed by atoms with Gasteiger partial charge in [-0.2, -0.15) is 0 Å². The van der Waals surface area contributed by atoms with Crippen molar-refractivity contribution in [1.29, 1.82) is 0 Å². The van der Waals surface area contributed by atoms with E-state index in [4.69, 9.17) is 4.74 Å². The number of nitro groups is 1. The summed E-state index contributed by atoms with van der Waals surface area (Å²) in [5.41, 5.74) is 3.63. The van der Waals surface area contributed by atoms with Gasteiger partial charge in [0.05, 0.1) is 16.4 Å². The molecule has 1 heterocycles. The van der Waals surface area contributed by atoms with Crippen LogP contribution < -0.4 is 4.74 Å². The zero-order valence-electron chi connectivity index (χ0n) is 17.8. The maximum Gasteiger partial charge on any atom is 0.293 e. The Balaban J connectivity index is 1.39. The maximum absolute atomic E-state index is 12.7. The summed E-state index contributed by atoms with van der Waals surface area (Å²) in [6.07, 6.45) is 1.67. The van der Waals surface area contributed by atoms with Gasteiger partial charge < -0.3 is 4.74 Å². The molecule has 0 spiro atoms. The molecule has 0 saturated carbocycles. The van der Waals surface area contributed by atoms with Crippen molar-refractivity contribution >= 4 is 34.7 Å². The summed E-state index contributed by atoms with van der Waals surface area (Å²) in [7, 11) is 0. The molecule has 7 nitrogen and oxygen atoms in total. The molecule has 1 fully saturated rings. The van der Waals surface area contributed by atoms with Crippen LogP contribution in [0, 0.1) is 17.0 Å². The largest absolute Gasteiger partial charge is 0.489 e. The molecule has 0 bridgehead atoms. The van der Waals surface area contributed by atoms with Crippen LogP contribution in [-0.2, 0) is 17.9 Å². The van der Waals surface area contributed by atoms with E-state index in [1.807, 2.05) is 49.4 Å². The molecule has 3 aromatic rings. The highest BCUT2D eigenvalue weighted by Gasteiger charge is 2.35. The van der Waals surface area contributed by atoms with Gasteiger partial charge in [-0.05, 0) is 53.6 Å². The standard InChI is InChI=1S/C25H20N2O5S/c1-17-3-2-4-20(13-17)16-32-22-11-7-18(8-12-22)14-23-24(28)26(25(29)33-23)15-19-5-9-21(10-6-19)27(30)31/h2-14H,15-16H2,1H3/b23-14-. The number of amides is 2. The van der Waals surface area contributed by atoms with Gasteiger partial charge >= 0.3 is 0 Å². The Morgan fingerprint density at radius 3 is 2.39 bits per heavy atom. The molecule has 1 aliphatic heterocycles. The van der Waals surface area contributed by atoms with E-state index < -0.39 is 4.92 Å². The molecule has 1 saturated heterocycles. The van der Waals surface area contributed by atoms with Crippen LogP contribution in [0.1, 0.15) is 22.3 Å². The smallest absolute Gasteiger partial charge is 0.293 e. The monoisotopic (exact) mass is 460 g/mol. The van der Waals surface area contributed by atoms with Crippen LogP contribution in [0.25, 0.3) is 6.08 Å². The number of benzene rings is 3. The van der Waals surface area contributed by atoms with Crippen molar-refractivity contribution in [3.63, 3.8) is 0 Å². The summed E-state index contributed by atoms with van der Waals surface area (Å²) >= 11 is 0.876. The molecule has 4 rings (SSSR count). The minimum Gasteiger partial charge on any atom is -0.489 e. The van der Waals surface area contributed by atoms with E-state index in [-0.39, 0.29) is 23.4 Å². The Labute approximate surface area is 194 Å². The van der Waals surface area contributed by atoms with Crippen molar-refractivity contribution in [3.05, 3.63) is 110 Å². The predicted molar refractivity (Wildman–Crippen MR) is 127 cm³/mol. The first-order chi connectivity index (χ1) is 15.9. The highest BCUT2D eigenvalue weighted by atomic mass is 32.2. The zero-order valence-corrected chi connectivity index (χ0v) is 18.6. The third-order valence-electron chi connectivity index (χ3n) is 5.03. The van der Waals surface area contributed by atoms with Gasteiger partial charge in [0.1, 0.15) is 12.4 Å². The summed E-state index contributed by atoms with van der Waals surface area (Å²) < 4.78 is 5.82. The van der Waals surface area contributed by atoms with E-state index in [9.17, 15) is 19.7 Å². The van der Waals surface area contributed by atoms with E-state index in [1.165, 1.54) is 17.7 Å². The van der Waals surface area contributed by atoms with Crippen molar-refractivity contribution in [2.24, 2.45) is 0 Å². The summed E-state index contributed by atoms with van der Waals surface area (Å²) in [5, 5.41) is 10.4. The van der Waals surface area contributed by atoms with Gasteiger partial charge in [0.2, 0.25) is 0 Å². The molecular weight excluding hydrogens is 440 g/mol. The number of nitro benzene ring substituents is 1. The fourth-order valence-corrected chi connectivity index (χ4v) is 4.16. The molecule has 8 heteroatoms. The lowest BCUT2D eigenvalue weighted by Crippen LogP contribution is -2.27. The number of rotatable bonds is 7. The number of nitrogens with zero attached hydrogens (tertiary/aromatic N) is 2. The molecule has 0 aliphatic carbocycles. The minimum absolute atomic E-state index is 0.0425. The summed E-state index contributed by atoms with van der Waals surface area (Å²) in [6.45, 7) is 2.56. The van der Waals surface area contributed by atoms with E-state index in [0.717, 1.165) is 27.8 Å². The fourth-order valence-electron chi connectivity index (χ4n) is 3.32. The van der Waals surface area contributed by atoms with Crippen LogP contribution in [0.4, 0.5) is 10.5 Å². The first-order valence-electron chi connectivity index (χ1n) is 10.2. The van der Waals surface area contributed by atoms with Crippen LogP contribution in [0.15, 0.2) is 77.7 Å². The lowest BCUT2D eigenvalue weighted by Gasteiger charge is -2.12. The van der Waals surface area contributed by atoms with E-state index >= 15 is 0 Å². The number of hydrogen-bond donors (Lipinski definition) is 0. The Kier molecular flexibility index (Phi) is 6.55. The number of imide groups is 1. The molecular formula is C25H20N2O5S. The van der Waals surface area contributed by atoms with Crippen LogP contribution in [-0.4, -0.2) is 21.0 Å². The van der Waals surface area contributed by atoms with Crippen molar-refractivity contribution < 1.29 is 19.2 Å².